The lowest BCUT2D eigenvalue weighted by Gasteiger charge is -2.20. The molecule has 2 heterocycles. The summed E-state index contributed by atoms with van der Waals surface area (Å²) >= 11 is 0. The maximum absolute atomic E-state index is 13.1. The first-order chi connectivity index (χ1) is 13.5. The smallest absolute Gasteiger partial charge is 0.205 e. The Kier molecular flexibility index (Phi) is 4.40. The molecule has 0 aliphatic carbocycles. The molecule has 1 atom stereocenters. The van der Waals surface area contributed by atoms with Gasteiger partial charge in [-0.05, 0) is 42.5 Å². The second kappa shape index (κ2) is 7.03. The molecule has 1 unspecified atom stereocenters. The van der Waals surface area contributed by atoms with Crippen LogP contribution in [0.4, 0.5) is 10.1 Å². The summed E-state index contributed by atoms with van der Waals surface area (Å²) in [5.41, 5.74) is 6.81. The average molecular weight is 381 g/mol. The average Bonchev–Trinajstić information content (AvgIpc) is 2.69. The number of guanidine groups is 2. The molecule has 0 saturated carbocycles. The first kappa shape index (κ1) is 17.5. The van der Waals surface area contributed by atoms with Gasteiger partial charge in [-0.25, -0.2) is 14.4 Å². The van der Waals surface area contributed by atoms with E-state index in [-0.39, 0.29) is 28.7 Å². The van der Waals surface area contributed by atoms with Crippen LogP contribution in [0, 0.1) is 5.82 Å². The van der Waals surface area contributed by atoms with E-state index in [2.05, 4.69) is 20.6 Å². The molecule has 2 aromatic carbocycles. The van der Waals surface area contributed by atoms with E-state index in [1.54, 1.807) is 30.3 Å². The number of rotatable bonds is 3. The monoisotopic (exact) mass is 381 g/mol. The summed E-state index contributed by atoms with van der Waals surface area (Å²) in [7, 11) is 1.52. The predicted molar refractivity (Wildman–Crippen MR) is 104 cm³/mol. The summed E-state index contributed by atoms with van der Waals surface area (Å²) in [4.78, 5) is 21.5. The van der Waals surface area contributed by atoms with Crippen LogP contribution in [0.3, 0.4) is 0 Å². The van der Waals surface area contributed by atoms with Crippen LogP contribution in [0.25, 0.3) is 11.0 Å². The van der Waals surface area contributed by atoms with Crippen molar-refractivity contribution in [2.45, 2.75) is 6.17 Å². The summed E-state index contributed by atoms with van der Waals surface area (Å²) in [6.07, 6.45) is 0.430. The fourth-order valence-electron chi connectivity index (χ4n) is 2.77. The van der Waals surface area contributed by atoms with Crippen molar-refractivity contribution in [3.05, 3.63) is 70.3 Å². The number of hydrogen-bond donors (Lipinski definition) is 3. The second-order valence-corrected chi connectivity index (χ2v) is 6.00. The Morgan fingerprint density at radius 3 is 2.75 bits per heavy atom. The number of ether oxygens (including phenoxy) is 1. The number of benzene rings is 2. The Hall–Kier alpha value is -3.88. The van der Waals surface area contributed by atoms with E-state index >= 15 is 0 Å². The van der Waals surface area contributed by atoms with Crippen molar-refractivity contribution in [2.24, 2.45) is 15.7 Å². The van der Waals surface area contributed by atoms with Crippen molar-refractivity contribution in [3.63, 3.8) is 0 Å². The van der Waals surface area contributed by atoms with Gasteiger partial charge in [0.15, 0.2) is 17.6 Å². The number of nitrogens with two attached hydrogens (primary N) is 1. The fourth-order valence-corrected chi connectivity index (χ4v) is 2.77. The van der Waals surface area contributed by atoms with E-state index in [1.807, 2.05) is 0 Å². The number of nitrogens with zero attached hydrogens (tertiary/aromatic N) is 2. The normalized spacial score (nSPS) is 16.1. The van der Waals surface area contributed by atoms with Crippen LogP contribution in [0.2, 0.25) is 0 Å². The molecule has 1 aromatic heterocycles. The quantitative estimate of drug-likeness (QED) is 0.642. The molecule has 1 aliphatic rings. The summed E-state index contributed by atoms with van der Waals surface area (Å²) in [5.74, 6) is 0.531. The molecule has 0 amide bonds. The molecule has 1 aliphatic heterocycles. The van der Waals surface area contributed by atoms with Gasteiger partial charge in [-0.1, -0.05) is 0 Å². The zero-order valence-electron chi connectivity index (χ0n) is 14.8. The number of hydrogen-bond acceptors (Lipinski definition) is 8. The van der Waals surface area contributed by atoms with Crippen LogP contribution in [-0.2, 0) is 0 Å². The van der Waals surface area contributed by atoms with Gasteiger partial charge in [0.25, 0.3) is 0 Å². The lowest BCUT2D eigenvalue weighted by Crippen LogP contribution is -2.44. The highest BCUT2D eigenvalue weighted by atomic mass is 19.1. The van der Waals surface area contributed by atoms with Gasteiger partial charge >= 0.3 is 0 Å². The third-order valence-corrected chi connectivity index (χ3v) is 4.15. The number of fused-ring (bicyclic) bond motifs is 1. The van der Waals surface area contributed by atoms with Gasteiger partial charge in [0.1, 0.15) is 23.4 Å². The Morgan fingerprint density at radius 1 is 1.21 bits per heavy atom. The minimum atomic E-state index is -0.893. The number of nitrogens with one attached hydrogen (secondary N) is 2. The van der Waals surface area contributed by atoms with Crippen LogP contribution >= 0.6 is 0 Å². The van der Waals surface area contributed by atoms with Crippen molar-refractivity contribution in [2.75, 3.05) is 12.4 Å². The zero-order chi connectivity index (χ0) is 19.7. The lowest BCUT2D eigenvalue weighted by molar-refractivity contribution is 0.415. The van der Waals surface area contributed by atoms with E-state index in [0.29, 0.717) is 22.4 Å². The molecule has 9 heteroatoms. The molecule has 142 valence electrons. The van der Waals surface area contributed by atoms with Crippen molar-refractivity contribution >= 4 is 28.6 Å². The van der Waals surface area contributed by atoms with Gasteiger partial charge in [0.2, 0.25) is 5.96 Å². The molecule has 4 N–H and O–H groups in total. The maximum atomic E-state index is 13.1. The van der Waals surface area contributed by atoms with E-state index < -0.39 is 6.17 Å². The summed E-state index contributed by atoms with van der Waals surface area (Å²) < 4.78 is 23.8. The molecule has 4 rings (SSSR count). The molecule has 0 bridgehead atoms. The molecule has 0 spiro atoms. The summed E-state index contributed by atoms with van der Waals surface area (Å²) in [6.45, 7) is 0. The first-order valence-electron chi connectivity index (χ1n) is 8.33. The molecule has 28 heavy (non-hydrogen) atoms. The van der Waals surface area contributed by atoms with Crippen molar-refractivity contribution < 1.29 is 13.5 Å². The van der Waals surface area contributed by atoms with Crippen LogP contribution in [-0.4, -0.2) is 19.0 Å². The maximum Gasteiger partial charge on any atom is 0.205 e. The summed E-state index contributed by atoms with van der Waals surface area (Å²) in [5, 5.41) is 6.10. The summed E-state index contributed by atoms with van der Waals surface area (Å²) in [6, 6.07) is 10.7. The molecule has 3 aromatic rings. The molecule has 8 nitrogen and oxygen atoms in total. The second-order valence-electron chi connectivity index (χ2n) is 6.00. The largest absolute Gasteiger partial charge is 0.497 e. The minimum absolute atomic E-state index is 0.0785. The number of methoxy groups -OCH3 is 1. The van der Waals surface area contributed by atoms with Gasteiger partial charge in [-0.3, -0.25) is 10.1 Å². The predicted octanol–water partition coefficient (Wildman–Crippen LogP) is 2.33. The van der Waals surface area contributed by atoms with Crippen molar-refractivity contribution in [1.82, 2.24) is 5.32 Å². The van der Waals surface area contributed by atoms with Gasteiger partial charge in [0.05, 0.1) is 18.1 Å². The van der Waals surface area contributed by atoms with Gasteiger partial charge in [-0.2, -0.15) is 0 Å². The number of anilines is 1. The third kappa shape index (κ3) is 3.37. The Labute approximate surface area is 158 Å². The zero-order valence-corrected chi connectivity index (χ0v) is 14.8. The SMILES string of the molecule is COc1ccc2occ(C3N=C(N)NC(Nc4ccc(F)cc4)=N3)c(=O)c2c1. The third-order valence-electron chi connectivity index (χ3n) is 4.15. The fraction of sp³-hybridized carbons (Fsp3) is 0.105. The topological polar surface area (TPSA) is 114 Å². The molecular formula is C19H16FN5O3. The Balaban J connectivity index is 1.71. The highest BCUT2D eigenvalue weighted by Gasteiger charge is 2.22. The lowest BCUT2D eigenvalue weighted by atomic mass is 10.1. The number of aliphatic imine (C=N–C) groups is 2. The molecule has 0 saturated heterocycles. The Bertz CT molecular complexity index is 1150. The number of halogens is 1. The van der Waals surface area contributed by atoms with Gasteiger partial charge < -0.3 is 20.2 Å². The molecule has 0 radical (unpaired) electrons. The molecule has 0 fully saturated rings. The van der Waals surface area contributed by atoms with Crippen molar-refractivity contribution in [1.29, 1.82) is 0 Å². The minimum Gasteiger partial charge on any atom is -0.497 e. The highest BCUT2D eigenvalue weighted by Crippen LogP contribution is 2.23. The first-order valence-corrected chi connectivity index (χ1v) is 8.33. The van der Waals surface area contributed by atoms with Gasteiger partial charge in [-0.15, -0.1) is 0 Å². The molecular weight excluding hydrogens is 365 g/mol. The standard InChI is InChI=1S/C19H16FN5O3/c1-27-12-6-7-15-13(8-12)16(26)14(9-28-15)17-23-18(21)25-19(24-17)22-11-4-2-10(20)3-5-11/h2-9,17H,1H3,(H4,21,22,23,24,25). The van der Waals surface area contributed by atoms with E-state index in [0.717, 1.165) is 0 Å². The van der Waals surface area contributed by atoms with E-state index in [1.165, 1.54) is 25.5 Å². The van der Waals surface area contributed by atoms with Crippen LogP contribution < -0.4 is 26.5 Å². The van der Waals surface area contributed by atoms with E-state index in [4.69, 9.17) is 14.9 Å². The van der Waals surface area contributed by atoms with Crippen LogP contribution in [0.5, 0.6) is 5.75 Å². The van der Waals surface area contributed by atoms with Gasteiger partial charge in [0, 0.05) is 5.69 Å². The van der Waals surface area contributed by atoms with Crippen LogP contribution in [0.15, 0.2) is 67.9 Å². The Morgan fingerprint density at radius 2 is 2.00 bits per heavy atom. The van der Waals surface area contributed by atoms with Crippen LogP contribution in [0.1, 0.15) is 11.7 Å². The van der Waals surface area contributed by atoms with Crippen molar-refractivity contribution in [3.8, 4) is 5.75 Å². The highest BCUT2D eigenvalue weighted by molar-refractivity contribution is 6.06. The van der Waals surface area contributed by atoms with E-state index in [9.17, 15) is 9.18 Å².